The number of anilines is 1. The van der Waals surface area contributed by atoms with Crippen molar-refractivity contribution in [3.63, 3.8) is 0 Å². The molecule has 130 valence electrons. The van der Waals surface area contributed by atoms with Crippen LogP contribution in [0.1, 0.15) is 20.8 Å². The maximum Gasteiger partial charge on any atom is 0.573 e. The van der Waals surface area contributed by atoms with Gasteiger partial charge in [-0.3, -0.25) is 9.89 Å². The summed E-state index contributed by atoms with van der Waals surface area (Å²) < 4.78 is 41.0. The van der Waals surface area contributed by atoms with Crippen LogP contribution in [0.5, 0.6) is 5.75 Å². The number of guanidine groups is 1. The molecular weight excluding hydrogens is 309 g/mol. The van der Waals surface area contributed by atoms with Crippen molar-refractivity contribution in [2.75, 3.05) is 25.0 Å². The smallest absolute Gasteiger partial charge is 0.404 e. The summed E-state index contributed by atoms with van der Waals surface area (Å²) >= 11 is 0. The Morgan fingerprint density at radius 3 is 2.48 bits per heavy atom. The minimum absolute atomic E-state index is 0.0437. The van der Waals surface area contributed by atoms with Crippen molar-refractivity contribution in [2.45, 2.75) is 33.2 Å². The molecule has 1 aromatic carbocycles. The molecule has 1 unspecified atom stereocenters. The first kappa shape index (κ1) is 19.1. The van der Waals surface area contributed by atoms with E-state index >= 15 is 0 Å². The lowest BCUT2D eigenvalue weighted by atomic mass is 10.3. The Balaban J connectivity index is 2.74. The summed E-state index contributed by atoms with van der Waals surface area (Å²) in [5.74, 6) is -0.308. The van der Waals surface area contributed by atoms with E-state index in [1.165, 1.54) is 18.2 Å². The van der Waals surface area contributed by atoms with Crippen LogP contribution in [0.25, 0.3) is 0 Å². The fourth-order valence-electron chi connectivity index (χ4n) is 2.15. The predicted molar refractivity (Wildman–Crippen MR) is 85.6 cm³/mol. The summed E-state index contributed by atoms with van der Waals surface area (Å²) in [6.45, 7) is 8.35. The van der Waals surface area contributed by atoms with E-state index in [2.05, 4.69) is 33.8 Å². The first-order valence-corrected chi connectivity index (χ1v) is 7.42. The third-order valence-electron chi connectivity index (χ3n) is 3.34. The molecule has 8 heteroatoms. The molecule has 23 heavy (non-hydrogen) atoms. The third kappa shape index (κ3) is 6.77. The molecule has 0 aliphatic carbocycles. The highest BCUT2D eigenvalue weighted by molar-refractivity contribution is 5.93. The Bertz CT molecular complexity index is 516. The van der Waals surface area contributed by atoms with Gasteiger partial charge in [-0.25, -0.2) is 0 Å². The molecule has 0 aliphatic rings. The lowest BCUT2D eigenvalue weighted by Crippen LogP contribution is -2.36. The third-order valence-corrected chi connectivity index (χ3v) is 3.34. The topological polar surface area (TPSA) is 62.9 Å². The van der Waals surface area contributed by atoms with Gasteiger partial charge in [-0.05, 0) is 32.1 Å². The fourth-order valence-corrected chi connectivity index (χ4v) is 2.15. The number of likely N-dealkylation sites (N-methyl/N-ethyl adjacent to an activating group) is 1. The van der Waals surface area contributed by atoms with Crippen LogP contribution in [0.2, 0.25) is 0 Å². The van der Waals surface area contributed by atoms with Crippen LogP contribution >= 0.6 is 0 Å². The van der Waals surface area contributed by atoms with Crippen molar-refractivity contribution >= 4 is 11.6 Å². The molecule has 0 radical (unpaired) electrons. The zero-order chi connectivity index (χ0) is 17.5. The number of hydrogen-bond donors (Lipinski definition) is 2. The molecule has 3 N–H and O–H groups in total. The molecule has 0 heterocycles. The van der Waals surface area contributed by atoms with Crippen LogP contribution < -0.4 is 15.8 Å². The number of ether oxygens (including phenoxy) is 1. The van der Waals surface area contributed by atoms with Gasteiger partial charge < -0.3 is 15.8 Å². The highest BCUT2D eigenvalue weighted by atomic mass is 19.4. The standard InChI is InChI=1S/C15H23F3N4O/c1-4-22(5-2)11(3)10-20-14(19)21-12-8-6-7-9-13(12)23-15(16,17)18/h6-9,11H,4-5,10H2,1-3H3,(H3,19,20,21). The average Bonchev–Trinajstić information content (AvgIpc) is 2.47. The quantitative estimate of drug-likeness (QED) is 0.595. The number of rotatable bonds is 7. The molecule has 1 aromatic rings. The molecule has 0 amide bonds. The van der Waals surface area contributed by atoms with E-state index in [9.17, 15) is 13.2 Å². The lowest BCUT2D eigenvalue weighted by Gasteiger charge is -2.24. The summed E-state index contributed by atoms with van der Waals surface area (Å²) in [6, 6.07) is 5.87. The number of halogens is 3. The van der Waals surface area contributed by atoms with Crippen molar-refractivity contribution in [2.24, 2.45) is 10.7 Å². The zero-order valence-electron chi connectivity index (χ0n) is 13.5. The SMILES string of the molecule is CCN(CC)C(C)CN=C(N)Nc1ccccc1OC(F)(F)F. The van der Waals surface area contributed by atoms with Gasteiger partial charge in [-0.2, -0.15) is 0 Å². The van der Waals surface area contributed by atoms with E-state index in [0.717, 1.165) is 13.1 Å². The van der Waals surface area contributed by atoms with E-state index in [-0.39, 0.29) is 23.4 Å². The molecule has 0 aromatic heterocycles. The summed E-state index contributed by atoms with van der Waals surface area (Å²) in [5.41, 5.74) is 5.87. The number of nitrogens with one attached hydrogen (secondary N) is 1. The number of nitrogens with two attached hydrogens (primary N) is 1. The monoisotopic (exact) mass is 332 g/mol. The van der Waals surface area contributed by atoms with E-state index < -0.39 is 6.36 Å². The van der Waals surface area contributed by atoms with Gasteiger partial charge in [-0.15, -0.1) is 13.2 Å². The molecule has 0 saturated carbocycles. The van der Waals surface area contributed by atoms with Gasteiger partial charge in [0.1, 0.15) is 0 Å². The number of para-hydroxylation sites is 2. The van der Waals surface area contributed by atoms with Gasteiger partial charge in [-0.1, -0.05) is 26.0 Å². The van der Waals surface area contributed by atoms with Crippen LogP contribution in [0.4, 0.5) is 18.9 Å². The van der Waals surface area contributed by atoms with Gasteiger partial charge in [0.05, 0.1) is 12.2 Å². The van der Waals surface area contributed by atoms with Crippen LogP contribution in [0.3, 0.4) is 0 Å². The van der Waals surface area contributed by atoms with Gasteiger partial charge in [0, 0.05) is 6.04 Å². The van der Waals surface area contributed by atoms with Crippen molar-refractivity contribution in [1.29, 1.82) is 0 Å². The highest BCUT2D eigenvalue weighted by Gasteiger charge is 2.32. The van der Waals surface area contributed by atoms with Crippen LogP contribution in [-0.2, 0) is 0 Å². The summed E-state index contributed by atoms with van der Waals surface area (Å²) in [5, 5.41) is 2.65. The maximum absolute atomic E-state index is 12.4. The van der Waals surface area contributed by atoms with Gasteiger partial charge in [0.25, 0.3) is 0 Å². The van der Waals surface area contributed by atoms with E-state index in [1.54, 1.807) is 6.07 Å². The number of alkyl halides is 3. The molecule has 0 saturated heterocycles. The molecule has 0 aliphatic heterocycles. The van der Waals surface area contributed by atoms with Crippen LogP contribution in [-0.4, -0.2) is 42.9 Å². The summed E-state index contributed by atoms with van der Waals surface area (Å²) in [6.07, 6.45) is -4.76. The van der Waals surface area contributed by atoms with Crippen molar-refractivity contribution < 1.29 is 17.9 Å². The Morgan fingerprint density at radius 1 is 1.30 bits per heavy atom. The maximum atomic E-state index is 12.4. The van der Waals surface area contributed by atoms with Crippen molar-refractivity contribution in [1.82, 2.24) is 4.90 Å². The second kappa shape index (κ2) is 8.61. The Kier molecular flexibility index (Phi) is 7.15. The van der Waals surface area contributed by atoms with Crippen molar-refractivity contribution in [3.8, 4) is 5.75 Å². The number of nitrogens with zero attached hydrogens (tertiary/aromatic N) is 2. The zero-order valence-corrected chi connectivity index (χ0v) is 13.5. The highest BCUT2D eigenvalue weighted by Crippen LogP contribution is 2.29. The molecule has 5 nitrogen and oxygen atoms in total. The van der Waals surface area contributed by atoms with Gasteiger partial charge in [0.15, 0.2) is 11.7 Å². The van der Waals surface area contributed by atoms with E-state index in [0.29, 0.717) is 6.54 Å². The van der Waals surface area contributed by atoms with Gasteiger partial charge in [0.2, 0.25) is 0 Å². The first-order chi connectivity index (χ1) is 10.8. The van der Waals surface area contributed by atoms with E-state index in [4.69, 9.17) is 5.73 Å². The molecule has 0 bridgehead atoms. The van der Waals surface area contributed by atoms with E-state index in [1.807, 2.05) is 6.92 Å². The summed E-state index contributed by atoms with van der Waals surface area (Å²) in [4.78, 5) is 6.38. The molecule has 0 spiro atoms. The number of aliphatic imine (C=N–C) groups is 1. The molecular formula is C15H23F3N4O. The largest absolute Gasteiger partial charge is 0.573 e. The number of benzene rings is 1. The summed E-state index contributed by atoms with van der Waals surface area (Å²) in [7, 11) is 0. The average molecular weight is 332 g/mol. The number of hydrogen-bond acceptors (Lipinski definition) is 3. The second-order valence-electron chi connectivity index (χ2n) is 4.97. The normalized spacial score (nSPS) is 14.0. The fraction of sp³-hybridized carbons (Fsp3) is 0.533. The van der Waals surface area contributed by atoms with Crippen molar-refractivity contribution in [3.05, 3.63) is 24.3 Å². The lowest BCUT2D eigenvalue weighted by molar-refractivity contribution is -0.274. The molecule has 1 rings (SSSR count). The Labute approximate surface area is 134 Å². The second-order valence-corrected chi connectivity index (χ2v) is 4.97. The minimum atomic E-state index is -4.76. The first-order valence-electron chi connectivity index (χ1n) is 7.42. The molecule has 0 fully saturated rings. The van der Waals surface area contributed by atoms with Crippen LogP contribution in [0, 0.1) is 0 Å². The van der Waals surface area contributed by atoms with Crippen LogP contribution in [0.15, 0.2) is 29.3 Å². The molecule has 1 atom stereocenters. The minimum Gasteiger partial charge on any atom is -0.404 e. The Morgan fingerprint density at radius 2 is 1.91 bits per heavy atom. The predicted octanol–water partition coefficient (Wildman–Crippen LogP) is 3.04. The van der Waals surface area contributed by atoms with Gasteiger partial charge >= 0.3 is 6.36 Å². The Hall–Kier alpha value is -1.96.